The summed E-state index contributed by atoms with van der Waals surface area (Å²) in [7, 11) is 0. The number of benzene rings is 1. The molecular weight excluding hydrogens is 404 g/mol. The van der Waals surface area contributed by atoms with E-state index >= 15 is 0 Å². The number of rotatable bonds is 3. The number of amides is 2. The first-order valence-corrected chi connectivity index (χ1v) is 9.98. The summed E-state index contributed by atoms with van der Waals surface area (Å²) in [6.07, 6.45) is 1.43. The molecule has 2 fully saturated rings. The number of piperazine rings is 1. The van der Waals surface area contributed by atoms with Crippen molar-refractivity contribution in [3.05, 3.63) is 53.2 Å². The number of ether oxygens (including phenoxy) is 1. The van der Waals surface area contributed by atoms with Gasteiger partial charge in [0.25, 0.3) is 5.91 Å². The minimum absolute atomic E-state index is 0. The van der Waals surface area contributed by atoms with E-state index in [1.165, 1.54) is 0 Å². The summed E-state index contributed by atoms with van der Waals surface area (Å²) in [6, 6.07) is 9.32. The van der Waals surface area contributed by atoms with E-state index in [1.54, 1.807) is 17.0 Å². The monoisotopic (exact) mass is 430 g/mol. The van der Waals surface area contributed by atoms with Crippen LogP contribution in [0.5, 0.6) is 0 Å². The van der Waals surface area contributed by atoms with Gasteiger partial charge in [0.15, 0.2) is 0 Å². The Kier molecular flexibility index (Phi) is 6.51. The Labute approximate surface area is 183 Å². The molecule has 0 unspecified atom stereocenters. The van der Waals surface area contributed by atoms with Crippen molar-refractivity contribution in [3.63, 3.8) is 0 Å². The van der Waals surface area contributed by atoms with Gasteiger partial charge in [0.1, 0.15) is 11.9 Å². The zero-order chi connectivity index (χ0) is 20.5. The molecule has 8 heteroatoms. The van der Waals surface area contributed by atoms with E-state index in [4.69, 9.17) is 4.74 Å². The molecular formula is C22H27ClN4O3. The minimum atomic E-state index is -0.340. The quantitative estimate of drug-likeness (QED) is 0.746. The molecule has 0 radical (unpaired) electrons. The highest BCUT2D eigenvalue weighted by atomic mass is 35.5. The number of pyridine rings is 1. The largest absolute Gasteiger partial charge is 0.444 e. The SMILES string of the molecule is Cc1cnc(N2CCN(C(=O)c3ccc(N4C[C@H](C)OC4=O)cc3)CC2)c(C)c1.Cl. The first-order valence-electron chi connectivity index (χ1n) is 9.98. The molecule has 0 spiro atoms. The number of aromatic nitrogens is 1. The standard InChI is InChI=1S/C22H26N4O3.ClH/c1-15-12-16(2)20(23-13-15)24-8-10-25(11-9-24)21(27)18-4-6-19(7-5-18)26-14-17(3)29-22(26)28;/h4-7,12-13,17H,8-11,14H2,1-3H3;1H/t17-;/m0./s1. The van der Waals surface area contributed by atoms with E-state index < -0.39 is 0 Å². The number of cyclic esters (lactones) is 1. The Morgan fingerprint density at radius 2 is 1.77 bits per heavy atom. The first-order chi connectivity index (χ1) is 13.9. The molecule has 0 bridgehead atoms. The highest BCUT2D eigenvalue weighted by molar-refractivity contribution is 5.96. The van der Waals surface area contributed by atoms with Crippen LogP contribution in [0.15, 0.2) is 36.5 Å². The molecule has 160 valence electrons. The lowest BCUT2D eigenvalue weighted by molar-refractivity contribution is 0.0746. The molecule has 2 aliphatic heterocycles. The van der Waals surface area contributed by atoms with Crippen LogP contribution in [-0.2, 0) is 4.74 Å². The highest BCUT2D eigenvalue weighted by Gasteiger charge is 2.29. The Morgan fingerprint density at radius 1 is 1.10 bits per heavy atom. The number of nitrogens with zero attached hydrogens (tertiary/aromatic N) is 4. The van der Waals surface area contributed by atoms with E-state index in [-0.39, 0.29) is 30.5 Å². The second-order valence-electron chi connectivity index (χ2n) is 7.78. The van der Waals surface area contributed by atoms with Crippen molar-refractivity contribution in [3.8, 4) is 0 Å². The summed E-state index contributed by atoms with van der Waals surface area (Å²) in [6.45, 7) is 9.35. The second kappa shape index (κ2) is 8.92. The van der Waals surface area contributed by atoms with Gasteiger partial charge in [0.05, 0.1) is 6.54 Å². The van der Waals surface area contributed by atoms with Crippen LogP contribution in [0.2, 0.25) is 0 Å². The Balaban J connectivity index is 0.00000256. The topological polar surface area (TPSA) is 66.0 Å². The van der Waals surface area contributed by atoms with Crippen molar-refractivity contribution in [1.82, 2.24) is 9.88 Å². The smallest absolute Gasteiger partial charge is 0.414 e. The average molecular weight is 431 g/mol. The Morgan fingerprint density at radius 3 is 2.33 bits per heavy atom. The van der Waals surface area contributed by atoms with Gasteiger partial charge in [-0.1, -0.05) is 6.07 Å². The number of anilines is 2. The second-order valence-corrected chi connectivity index (χ2v) is 7.78. The fraction of sp³-hybridized carbons (Fsp3) is 0.409. The molecule has 2 saturated heterocycles. The maximum absolute atomic E-state index is 12.9. The van der Waals surface area contributed by atoms with Gasteiger partial charge >= 0.3 is 6.09 Å². The van der Waals surface area contributed by atoms with Gasteiger partial charge in [-0.05, 0) is 56.2 Å². The van der Waals surface area contributed by atoms with Crippen LogP contribution in [-0.4, -0.2) is 60.7 Å². The van der Waals surface area contributed by atoms with Crippen LogP contribution in [0.4, 0.5) is 16.3 Å². The molecule has 0 aliphatic carbocycles. The lowest BCUT2D eigenvalue weighted by Gasteiger charge is -2.36. The number of hydrogen-bond acceptors (Lipinski definition) is 5. The molecule has 2 aliphatic rings. The Hall–Kier alpha value is -2.80. The van der Waals surface area contributed by atoms with E-state index in [9.17, 15) is 9.59 Å². The zero-order valence-electron chi connectivity index (χ0n) is 17.5. The molecule has 1 atom stereocenters. The summed E-state index contributed by atoms with van der Waals surface area (Å²) in [5, 5.41) is 0. The lowest BCUT2D eigenvalue weighted by Crippen LogP contribution is -2.49. The fourth-order valence-electron chi connectivity index (χ4n) is 3.94. The molecule has 0 N–H and O–H groups in total. The molecule has 2 aromatic rings. The summed E-state index contributed by atoms with van der Waals surface area (Å²) in [5.74, 6) is 1.01. The van der Waals surface area contributed by atoms with E-state index in [2.05, 4.69) is 22.9 Å². The van der Waals surface area contributed by atoms with Gasteiger partial charge in [0, 0.05) is 43.6 Å². The first kappa shape index (κ1) is 21.9. The number of carbonyl (C=O) groups is 2. The van der Waals surface area contributed by atoms with E-state index in [0.717, 1.165) is 35.7 Å². The zero-order valence-corrected chi connectivity index (χ0v) is 18.3. The summed E-state index contributed by atoms with van der Waals surface area (Å²) >= 11 is 0. The van der Waals surface area contributed by atoms with Crippen molar-refractivity contribution in [2.75, 3.05) is 42.5 Å². The number of carbonyl (C=O) groups excluding carboxylic acids is 2. The molecule has 0 saturated carbocycles. The molecule has 30 heavy (non-hydrogen) atoms. The predicted octanol–water partition coefficient (Wildman–Crippen LogP) is 3.43. The van der Waals surface area contributed by atoms with Crippen molar-refractivity contribution in [2.45, 2.75) is 26.9 Å². The third kappa shape index (κ3) is 4.36. The molecule has 3 heterocycles. The number of halogens is 1. The Bertz CT molecular complexity index is 926. The normalized spacial score (nSPS) is 18.8. The van der Waals surface area contributed by atoms with Gasteiger partial charge in [0.2, 0.25) is 0 Å². The van der Waals surface area contributed by atoms with Crippen molar-refractivity contribution >= 4 is 35.9 Å². The van der Waals surface area contributed by atoms with Crippen LogP contribution in [0.1, 0.15) is 28.4 Å². The van der Waals surface area contributed by atoms with Gasteiger partial charge in [-0.25, -0.2) is 9.78 Å². The summed E-state index contributed by atoms with van der Waals surface area (Å²) in [5.41, 5.74) is 3.70. The van der Waals surface area contributed by atoms with Crippen LogP contribution in [0, 0.1) is 13.8 Å². The number of hydrogen-bond donors (Lipinski definition) is 0. The van der Waals surface area contributed by atoms with Gasteiger partial charge < -0.3 is 14.5 Å². The lowest BCUT2D eigenvalue weighted by atomic mass is 10.1. The van der Waals surface area contributed by atoms with Crippen LogP contribution >= 0.6 is 12.4 Å². The number of aryl methyl sites for hydroxylation is 2. The van der Waals surface area contributed by atoms with Gasteiger partial charge in [-0.2, -0.15) is 0 Å². The van der Waals surface area contributed by atoms with Gasteiger partial charge in [-0.3, -0.25) is 9.69 Å². The highest BCUT2D eigenvalue weighted by Crippen LogP contribution is 2.23. The maximum Gasteiger partial charge on any atom is 0.414 e. The third-order valence-corrected chi connectivity index (χ3v) is 5.44. The molecule has 1 aromatic heterocycles. The minimum Gasteiger partial charge on any atom is -0.444 e. The van der Waals surface area contributed by atoms with Crippen molar-refractivity contribution in [2.24, 2.45) is 0 Å². The van der Waals surface area contributed by atoms with Crippen LogP contribution in [0.3, 0.4) is 0 Å². The van der Waals surface area contributed by atoms with Crippen LogP contribution in [0.25, 0.3) is 0 Å². The van der Waals surface area contributed by atoms with Crippen molar-refractivity contribution < 1.29 is 14.3 Å². The van der Waals surface area contributed by atoms with Crippen LogP contribution < -0.4 is 9.80 Å². The summed E-state index contributed by atoms with van der Waals surface area (Å²) < 4.78 is 5.16. The van der Waals surface area contributed by atoms with Crippen molar-refractivity contribution in [1.29, 1.82) is 0 Å². The predicted molar refractivity (Wildman–Crippen MR) is 119 cm³/mol. The molecule has 7 nitrogen and oxygen atoms in total. The van der Waals surface area contributed by atoms with E-state index in [0.29, 0.717) is 25.2 Å². The van der Waals surface area contributed by atoms with Gasteiger partial charge in [-0.15, -0.1) is 12.4 Å². The summed E-state index contributed by atoms with van der Waals surface area (Å²) in [4.78, 5) is 35.0. The fourth-order valence-corrected chi connectivity index (χ4v) is 3.94. The molecule has 2 amide bonds. The van der Waals surface area contributed by atoms with E-state index in [1.807, 2.05) is 37.1 Å². The average Bonchev–Trinajstić information content (AvgIpc) is 3.06. The third-order valence-electron chi connectivity index (χ3n) is 5.44. The molecule has 4 rings (SSSR count). The molecule has 1 aromatic carbocycles. The maximum atomic E-state index is 12.9.